The third-order valence-electron chi connectivity index (χ3n) is 3.57. The van der Waals surface area contributed by atoms with Crippen molar-refractivity contribution < 1.29 is 13.2 Å². The van der Waals surface area contributed by atoms with Gasteiger partial charge in [-0.15, -0.1) is 11.6 Å². The summed E-state index contributed by atoms with van der Waals surface area (Å²) in [7, 11) is 0. The van der Waals surface area contributed by atoms with Gasteiger partial charge in [-0.3, -0.25) is 0 Å². The zero-order chi connectivity index (χ0) is 15.6. The largest absolute Gasteiger partial charge is 0.207 e. The van der Waals surface area contributed by atoms with Crippen molar-refractivity contribution in [2.75, 3.05) is 0 Å². The maximum atomic E-state index is 13.9. The van der Waals surface area contributed by atoms with Crippen LogP contribution in [0.25, 0.3) is 0 Å². The minimum Gasteiger partial charge on any atom is -0.207 e. The summed E-state index contributed by atoms with van der Waals surface area (Å²) in [5.41, 5.74) is 2.33. The van der Waals surface area contributed by atoms with Gasteiger partial charge in [0.25, 0.3) is 0 Å². The van der Waals surface area contributed by atoms with Crippen molar-refractivity contribution in [1.82, 2.24) is 0 Å². The van der Waals surface area contributed by atoms with Crippen molar-refractivity contribution in [2.24, 2.45) is 0 Å². The summed E-state index contributed by atoms with van der Waals surface area (Å²) in [6.45, 7) is 3.94. The highest BCUT2D eigenvalue weighted by Crippen LogP contribution is 2.35. The summed E-state index contributed by atoms with van der Waals surface area (Å²) in [6, 6.07) is 7.07. The fourth-order valence-electron chi connectivity index (χ4n) is 2.37. The number of benzene rings is 2. The third kappa shape index (κ3) is 3.24. The molecule has 0 aromatic heterocycles. The van der Waals surface area contributed by atoms with E-state index in [9.17, 15) is 13.2 Å². The van der Waals surface area contributed by atoms with Gasteiger partial charge in [-0.2, -0.15) is 0 Å². The Morgan fingerprint density at radius 3 is 2.10 bits per heavy atom. The molecule has 0 fully saturated rings. The van der Waals surface area contributed by atoms with E-state index in [1.165, 1.54) is 0 Å². The molecule has 2 aromatic carbocycles. The Morgan fingerprint density at radius 1 is 0.952 bits per heavy atom. The fourth-order valence-corrected chi connectivity index (χ4v) is 2.78. The van der Waals surface area contributed by atoms with Crippen molar-refractivity contribution in [1.29, 1.82) is 0 Å². The molecule has 112 valence electrons. The lowest BCUT2D eigenvalue weighted by atomic mass is 9.94. The highest BCUT2D eigenvalue weighted by Gasteiger charge is 2.23. The molecule has 0 heterocycles. The molecule has 0 radical (unpaired) electrons. The van der Waals surface area contributed by atoms with Gasteiger partial charge < -0.3 is 0 Å². The van der Waals surface area contributed by atoms with Crippen LogP contribution in [-0.4, -0.2) is 0 Å². The minimum atomic E-state index is -0.980. The lowest BCUT2D eigenvalue weighted by molar-refractivity contribution is 0.526. The molecule has 0 saturated heterocycles. The summed E-state index contributed by atoms with van der Waals surface area (Å²) in [6.07, 6.45) is 1.50. The summed E-state index contributed by atoms with van der Waals surface area (Å²) in [5, 5.41) is -0.980. The van der Waals surface area contributed by atoms with Gasteiger partial charge >= 0.3 is 0 Å². The van der Waals surface area contributed by atoms with Crippen LogP contribution in [0, 0.1) is 17.5 Å². The molecule has 0 bridgehead atoms. The molecule has 0 aliphatic rings. The molecule has 4 heteroatoms. The molecular formula is C17H16ClF3. The van der Waals surface area contributed by atoms with E-state index >= 15 is 0 Å². The maximum Gasteiger partial charge on any atom is 0.134 e. The van der Waals surface area contributed by atoms with Crippen molar-refractivity contribution in [3.05, 3.63) is 70.0 Å². The number of aryl methyl sites for hydroxylation is 2. The van der Waals surface area contributed by atoms with Crippen LogP contribution < -0.4 is 0 Å². The zero-order valence-electron chi connectivity index (χ0n) is 11.9. The second-order valence-corrected chi connectivity index (χ2v) is 5.32. The smallest absolute Gasteiger partial charge is 0.134 e. The predicted octanol–water partition coefficient (Wildman–Crippen LogP) is 5.56. The molecule has 0 spiro atoms. The standard InChI is InChI=1S/C17H16ClF3/c1-3-10-5-6-11(4-2)13(7-10)17(18)16-14(20)8-12(19)9-15(16)21/h5-9,17H,3-4H2,1-2H3. The van der Waals surface area contributed by atoms with Crippen molar-refractivity contribution >= 4 is 11.6 Å². The van der Waals surface area contributed by atoms with Crippen LogP contribution in [0.1, 0.15) is 41.5 Å². The van der Waals surface area contributed by atoms with Crippen molar-refractivity contribution in [3.63, 3.8) is 0 Å². The van der Waals surface area contributed by atoms with Gasteiger partial charge in [0.1, 0.15) is 17.5 Å². The first kappa shape index (κ1) is 15.9. The molecule has 1 atom stereocenters. The average Bonchev–Trinajstić information content (AvgIpc) is 2.45. The second-order valence-electron chi connectivity index (χ2n) is 4.89. The lowest BCUT2D eigenvalue weighted by Crippen LogP contribution is -2.05. The van der Waals surface area contributed by atoms with E-state index < -0.39 is 22.8 Å². The summed E-state index contributed by atoms with van der Waals surface area (Å²) < 4.78 is 40.8. The van der Waals surface area contributed by atoms with Gasteiger partial charge in [-0.1, -0.05) is 32.0 Å². The first-order valence-corrected chi connectivity index (χ1v) is 7.31. The molecule has 2 rings (SSSR count). The normalized spacial score (nSPS) is 12.5. The summed E-state index contributed by atoms with van der Waals surface area (Å²) >= 11 is 6.30. The number of rotatable bonds is 4. The van der Waals surface area contributed by atoms with Crippen LogP contribution in [0.15, 0.2) is 30.3 Å². The fraction of sp³-hybridized carbons (Fsp3) is 0.294. The Morgan fingerprint density at radius 2 is 1.57 bits per heavy atom. The first-order valence-electron chi connectivity index (χ1n) is 6.88. The monoisotopic (exact) mass is 312 g/mol. The minimum absolute atomic E-state index is 0.305. The molecule has 2 aromatic rings. The first-order chi connectivity index (χ1) is 9.97. The van der Waals surface area contributed by atoms with Crippen LogP contribution in [0.3, 0.4) is 0 Å². The predicted molar refractivity (Wildman–Crippen MR) is 79.2 cm³/mol. The van der Waals surface area contributed by atoms with Crippen LogP contribution >= 0.6 is 11.6 Å². The van der Waals surface area contributed by atoms with Gasteiger partial charge in [0.05, 0.1) is 5.38 Å². The van der Waals surface area contributed by atoms with Gasteiger partial charge in [0, 0.05) is 17.7 Å². The topological polar surface area (TPSA) is 0 Å². The Balaban J connectivity index is 2.56. The maximum absolute atomic E-state index is 13.9. The van der Waals surface area contributed by atoms with Crippen molar-refractivity contribution in [2.45, 2.75) is 32.1 Å². The van der Waals surface area contributed by atoms with Crippen LogP contribution in [-0.2, 0) is 12.8 Å². The van der Waals surface area contributed by atoms with E-state index in [1.54, 1.807) is 0 Å². The summed E-state index contributed by atoms with van der Waals surface area (Å²) in [4.78, 5) is 0. The van der Waals surface area contributed by atoms with Crippen LogP contribution in [0.4, 0.5) is 13.2 Å². The van der Waals surface area contributed by atoms with Gasteiger partial charge in [0.15, 0.2) is 0 Å². The highest BCUT2D eigenvalue weighted by molar-refractivity contribution is 6.22. The number of halogens is 4. The van der Waals surface area contributed by atoms with Gasteiger partial charge in [-0.05, 0) is 29.5 Å². The Bertz CT molecular complexity index is 629. The Kier molecular flexibility index (Phi) is 4.94. The Hall–Kier alpha value is -1.48. The average molecular weight is 313 g/mol. The molecule has 0 aliphatic carbocycles. The number of alkyl halides is 1. The lowest BCUT2D eigenvalue weighted by Gasteiger charge is -2.17. The van der Waals surface area contributed by atoms with Gasteiger partial charge in [-0.25, -0.2) is 13.2 Å². The molecule has 0 nitrogen and oxygen atoms in total. The highest BCUT2D eigenvalue weighted by atomic mass is 35.5. The van der Waals surface area contributed by atoms with Crippen LogP contribution in [0.5, 0.6) is 0 Å². The van der Waals surface area contributed by atoms with E-state index in [0.29, 0.717) is 24.1 Å². The van der Waals surface area contributed by atoms with E-state index in [-0.39, 0.29) is 5.56 Å². The van der Waals surface area contributed by atoms with E-state index in [4.69, 9.17) is 11.6 Å². The van der Waals surface area contributed by atoms with Gasteiger partial charge in [0.2, 0.25) is 0 Å². The van der Waals surface area contributed by atoms with E-state index in [0.717, 1.165) is 17.5 Å². The molecular weight excluding hydrogens is 297 g/mol. The molecule has 0 saturated carbocycles. The number of hydrogen-bond acceptors (Lipinski definition) is 0. The molecule has 1 unspecified atom stereocenters. The second kappa shape index (κ2) is 6.52. The quantitative estimate of drug-likeness (QED) is 0.649. The molecule has 0 aliphatic heterocycles. The zero-order valence-corrected chi connectivity index (χ0v) is 12.6. The molecule has 0 N–H and O–H groups in total. The van der Waals surface area contributed by atoms with E-state index in [2.05, 4.69) is 0 Å². The number of hydrogen-bond donors (Lipinski definition) is 0. The van der Waals surface area contributed by atoms with E-state index in [1.807, 2.05) is 32.0 Å². The SMILES string of the molecule is CCc1ccc(CC)c(C(Cl)c2c(F)cc(F)cc2F)c1. The van der Waals surface area contributed by atoms with Crippen molar-refractivity contribution in [3.8, 4) is 0 Å². The third-order valence-corrected chi connectivity index (χ3v) is 4.02. The summed E-state index contributed by atoms with van der Waals surface area (Å²) in [5.74, 6) is -2.87. The Labute approximate surface area is 127 Å². The molecule has 0 amide bonds. The molecule has 21 heavy (non-hydrogen) atoms. The van der Waals surface area contributed by atoms with Crippen LogP contribution in [0.2, 0.25) is 0 Å².